The average Bonchev–Trinajstić information content (AvgIpc) is 2.86. The van der Waals surface area contributed by atoms with Gasteiger partial charge in [0.1, 0.15) is 0 Å². The quantitative estimate of drug-likeness (QED) is 0.791. The second-order valence-corrected chi connectivity index (χ2v) is 4.54. The van der Waals surface area contributed by atoms with Crippen LogP contribution in [0.3, 0.4) is 0 Å². The number of rotatable bonds is 3. The summed E-state index contributed by atoms with van der Waals surface area (Å²) >= 11 is 0. The second kappa shape index (κ2) is 5.17. The molecule has 4 heteroatoms. The molecule has 0 unspecified atom stereocenters. The summed E-state index contributed by atoms with van der Waals surface area (Å²) in [4.78, 5) is 16.6. The normalized spacial score (nSPS) is 10.7. The van der Waals surface area contributed by atoms with E-state index in [1.807, 2.05) is 49.4 Å². The molecule has 0 aliphatic heterocycles. The Morgan fingerprint density at radius 1 is 1.15 bits per heavy atom. The van der Waals surface area contributed by atoms with Crippen LogP contribution in [-0.2, 0) is 6.42 Å². The van der Waals surface area contributed by atoms with Crippen LogP contribution < -0.4 is 5.56 Å². The highest BCUT2D eigenvalue weighted by Crippen LogP contribution is 2.19. The third-order valence-electron chi connectivity index (χ3n) is 3.30. The molecule has 0 radical (unpaired) electrons. The van der Waals surface area contributed by atoms with E-state index in [2.05, 4.69) is 10.1 Å². The van der Waals surface area contributed by atoms with Crippen LogP contribution in [0.15, 0.2) is 59.7 Å². The molecule has 0 bridgehead atoms. The van der Waals surface area contributed by atoms with Crippen molar-refractivity contribution in [2.75, 3.05) is 0 Å². The molecule has 1 aromatic carbocycles. The molecule has 2 aromatic heterocycles. The molecule has 0 spiro atoms. The fourth-order valence-corrected chi connectivity index (χ4v) is 2.31. The number of nitrogens with one attached hydrogen (secondary N) is 1. The van der Waals surface area contributed by atoms with Gasteiger partial charge in [-0.1, -0.05) is 25.1 Å². The van der Waals surface area contributed by atoms with Crippen molar-refractivity contribution in [2.45, 2.75) is 13.3 Å². The van der Waals surface area contributed by atoms with Crippen molar-refractivity contribution in [3.8, 4) is 16.9 Å². The summed E-state index contributed by atoms with van der Waals surface area (Å²) in [5.41, 5.74) is 3.38. The van der Waals surface area contributed by atoms with Crippen LogP contribution in [-0.4, -0.2) is 14.8 Å². The van der Waals surface area contributed by atoms with E-state index in [0.29, 0.717) is 6.42 Å². The first kappa shape index (κ1) is 12.4. The van der Waals surface area contributed by atoms with Crippen molar-refractivity contribution in [1.29, 1.82) is 0 Å². The van der Waals surface area contributed by atoms with E-state index in [-0.39, 0.29) is 5.56 Å². The number of nitrogens with zero attached hydrogens (tertiary/aromatic N) is 2. The molecule has 3 aromatic rings. The lowest BCUT2D eigenvalue weighted by Crippen LogP contribution is -2.16. The second-order valence-electron chi connectivity index (χ2n) is 4.54. The molecular weight excluding hydrogens is 250 g/mol. The van der Waals surface area contributed by atoms with Crippen LogP contribution in [0.1, 0.15) is 12.5 Å². The molecule has 20 heavy (non-hydrogen) atoms. The van der Waals surface area contributed by atoms with Crippen LogP contribution in [0.4, 0.5) is 0 Å². The SMILES string of the molecule is CCc1c(-c2cccnc2)[nH]n(-c2ccccc2)c1=O. The van der Waals surface area contributed by atoms with Crippen LogP contribution in [0.5, 0.6) is 0 Å². The highest BCUT2D eigenvalue weighted by atomic mass is 16.1. The smallest absolute Gasteiger partial charge is 0.275 e. The molecule has 100 valence electrons. The fraction of sp³-hybridized carbons (Fsp3) is 0.125. The molecule has 0 fully saturated rings. The van der Waals surface area contributed by atoms with Gasteiger partial charge in [0.2, 0.25) is 0 Å². The first-order valence-electron chi connectivity index (χ1n) is 6.61. The van der Waals surface area contributed by atoms with E-state index in [1.165, 1.54) is 0 Å². The van der Waals surface area contributed by atoms with Gasteiger partial charge < -0.3 is 0 Å². The largest absolute Gasteiger partial charge is 0.290 e. The third-order valence-corrected chi connectivity index (χ3v) is 3.30. The molecular formula is C16H15N3O. The van der Waals surface area contributed by atoms with Crippen molar-refractivity contribution >= 4 is 0 Å². The highest BCUT2D eigenvalue weighted by Gasteiger charge is 2.14. The minimum atomic E-state index is -0.00227. The van der Waals surface area contributed by atoms with E-state index < -0.39 is 0 Å². The number of benzene rings is 1. The Morgan fingerprint density at radius 3 is 2.60 bits per heavy atom. The summed E-state index contributed by atoms with van der Waals surface area (Å²) in [7, 11) is 0. The Labute approximate surface area is 116 Å². The van der Waals surface area contributed by atoms with Crippen molar-refractivity contribution < 1.29 is 0 Å². The van der Waals surface area contributed by atoms with Gasteiger partial charge in [-0.3, -0.25) is 14.9 Å². The van der Waals surface area contributed by atoms with Gasteiger partial charge in [0.15, 0.2) is 0 Å². The summed E-state index contributed by atoms with van der Waals surface area (Å²) in [5, 5.41) is 3.20. The lowest BCUT2D eigenvalue weighted by atomic mass is 10.1. The van der Waals surface area contributed by atoms with Crippen molar-refractivity contribution in [3.63, 3.8) is 0 Å². The first-order valence-corrected chi connectivity index (χ1v) is 6.61. The Hall–Kier alpha value is -2.62. The van der Waals surface area contributed by atoms with E-state index in [1.54, 1.807) is 17.1 Å². The first-order chi connectivity index (χ1) is 9.81. The van der Waals surface area contributed by atoms with Crippen LogP contribution in [0, 0.1) is 0 Å². The van der Waals surface area contributed by atoms with Crippen LogP contribution >= 0.6 is 0 Å². The molecule has 2 heterocycles. The minimum absolute atomic E-state index is 0.00227. The van der Waals surface area contributed by atoms with E-state index in [0.717, 1.165) is 22.5 Å². The van der Waals surface area contributed by atoms with Crippen molar-refractivity contribution in [1.82, 2.24) is 14.8 Å². The third kappa shape index (κ3) is 2.05. The monoisotopic (exact) mass is 265 g/mol. The molecule has 0 atom stereocenters. The molecule has 4 nitrogen and oxygen atoms in total. The number of hydrogen-bond acceptors (Lipinski definition) is 2. The van der Waals surface area contributed by atoms with Gasteiger partial charge in [-0.15, -0.1) is 0 Å². The van der Waals surface area contributed by atoms with Gasteiger partial charge in [-0.05, 0) is 30.7 Å². The maximum atomic E-state index is 12.5. The predicted molar refractivity (Wildman–Crippen MR) is 79.0 cm³/mol. The summed E-state index contributed by atoms with van der Waals surface area (Å²) in [6.45, 7) is 1.99. The molecule has 0 saturated heterocycles. The van der Waals surface area contributed by atoms with Gasteiger partial charge in [0.05, 0.1) is 11.4 Å². The average molecular weight is 265 g/mol. The van der Waals surface area contributed by atoms with Gasteiger partial charge >= 0.3 is 0 Å². The number of pyridine rings is 1. The molecule has 0 aliphatic rings. The maximum absolute atomic E-state index is 12.5. The number of H-pyrrole nitrogens is 1. The standard InChI is InChI=1S/C16H15N3O/c1-2-14-15(12-7-6-10-17-11-12)18-19(16(14)20)13-8-4-3-5-9-13/h3-11,18H,2H2,1H3. The zero-order valence-corrected chi connectivity index (χ0v) is 11.2. The Bertz CT molecular complexity index is 757. The van der Waals surface area contributed by atoms with Gasteiger partial charge in [0, 0.05) is 23.5 Å². The topological polar surface area (TPSA) is 50.7 Å². The van der Waals surface area contributed by atoms with Crippen molar-refractivity contribution in [3.05, 3.63) is 70.8 Å². The zero-order valence-electron chi connectivity index (χ0n) is 11.2. The summed E-state index contributed by atoms with van der Waals surface area (Å²) in [6, 6.07) is 13.4. The minimum Gasteiger partial charge on any atom is -0.290 e. The van der Waals surface area contributed by atoms with Gasteiger partial charge in [0.25, 0.3) is 5.56 Å². The number of aromatic nitrogens is 3. The lowest BCUT2D eigenvalue weighted by molar-refractivity contribution is 0.849. The number of hydrogen-bond donors (Lipinski definition) is 1. The maximum Gasteiger partial charge on any atom is 0.275 e. The zero-order chi connectivity index (χ0) is 13.9. The molecule has 0 aliphatic carbocycles. The highest BCUT2D eigenvalue weighted by molar-refractivity contribution is 5.62. The van der Waals surface area contributed by atoms with E-state index in [4.69, 9.17) is 0 Å². The Balaban J connectivity index is 2.21. The summed E-state index contributed by atoms with van der Waals surface area (Å²) in [5.74, 6) is 0. The summed E-state index contributed by atoms with van der Waals surface area (Å²) < 4.78 is 1.58. The molecule has 3 rings (SSSR count). The Kier molecular flexibility index (Phi) is 3.21. The fourth-order valence-electron chi connectivity index (χ4n) is 2.31. The predicted octanol–water partition coefficient (Wildman–Crippen LogP) is 2.79. The van der Waals surface area contributed by atoms with E-state index in [9.17, 15) is 4.79 Å². The van der Waals surface area contributed by atoms with E-state index >= 15 is 0 Å². The van der Waals surface area contributed by atoms with Crippen LogP contribution in [0.25, 0.3) is 16.9 Å². The Morgan fingerprint density at radius 2 is 1.95 bits per heavy atom. The van der Waals surface area contributed by atoms with Gasteiger partial charge in [-0.2, -0.15) is 0 Å². The number of aromatic amines is 1. The lowest BCUT2D eigenvalue weighted by Gasteiger charge is -2.01. The van der Waals surface area contributed by atoms with Crippen LogP contribution in [0.2, 0.25) is 0 Å². The number of para-hydroxylation sites is 1. The molecule has 0 saturated carbocycles. The molecule has 1 N–H and O–H groups in total. The molecule has 0 amide bonds. The summed E-state index contributed by atoms with van der Waals surface area (Å²) in [6.07, 6.45) is 4.17. The van der Waals surface area contributed by atoms with Crippen molar-refractivity contribution in [2.24, 2.45) is 0 Å². The van der Waals surface area contributed by atoms with Gasteiger partial charge in [-0.25, -0.2) is 4.68 Å².